The molecule has 0 atom stereocenters. The second-order valence-corrected chi connectivity index (χ2v) is 6.70. The van der Waals surface area contributed by atoms with Crippen LogP contribution < -0.4 is 10.2 Å². The normalized spacial score (nSPS) is 14.6. The number of hydrogen-bond acceptors (Lipinski definition) is 6. The minimum atomic E-state index is -0.0554. The Morgan fingerprint density at radius 1 is 1.33 bits per heavy atom. The van der Waals surface area contributed by atoms with E-state index in [0.717, 1.165) is 43.0 Å². The van der Waals surface area contributed by atoms with E-state index in [0.29, 0.717) is 19.8 Å². The molecule has 0 aromatic carbocycles. The van der Waals surface area contributed by atoms with Gasteiger partial charge in [0.15, 0.2) is 0 Å². The van der Waals surface area contributed by atoms with Gasteiger partial charge in [-0.1, -0.05) is 13.3 Å². The molecule has 2 aromatic rings. The monoisotopic (exact) mass is 346 g/mol. The van der Waals surface area contributed by atoms with Crippen LogP contribution in [0.15, 0.2) is 23.8 Å². The van der Waals surface area contributed by atoms with E-state index in [9.17, 15) is 4.79 Å². The molecule has 7 heteroatoms. The molecule has 0 saturated carbocycles. The van der Waals surface area contributed by atoms with E-state index >= 15 is 0 Å². The van der Waals surface area contributed by atoms with Crippen LogP contribution in [-0.4, -0.2) is 42.2 Å². The molecule has 0 spiro atoms. The number of rotatable bonds is 6. The number of anilines is 1. The molecule has 1 amide bonds. The fourth-order valence-corrected chi connectivity index (χ4v) is 3.57. The topological polar surface area (TPSA) is 67.4 Å². The van der Waals surface area contributed by atoms with E-state index in [4.69, 9.17) is 4.74 Å². The largest absolute Gasteiger partial charge is 0.378 e. The summed E-state index contributed by atoms with van der Waals surface area (Å²) in [7, 11) is 0. The van der Waals surface area contributed by atoms with Gasteiger partial charge in [-0.05, 0) is 12.5 Å². The number of nitrogens with one attached hydrogen (secondary N) is 1. The van der Waals surface area contributed by atoms with E-state index in [2.05, 4.69) is 27.1 Å². The zero-order chi connectivity index (χ0) is 16.8. The van der Waals surface area contributed by atoms with Gasteiger partial charge in [0, 0.05) is 29.4 Å². The minimum absolute atomic E-state index is 0.0554. The highest BCUT2D eigenvalue weighted by Gasteiger charge is 2.14. The number of amides is 1. The van der Waals surface area contributed by atoms with Crippen molar-refractivity contribution in [3.8, 4) is 0 Å². The summed E-state index contributed by atoms with van der Waals surface area (Å²) in [6, 6.07) is 3.91. The standard InChI is InChI=1S/C17H22N4O2S/c1-2-3-15-8-13(11-24-15)17(22)18-10-14-9-16(20-12-19-14)21-4-6-23-7-5-21/h8-9,11-12H,2-7,10H2,1H3,(H,18,22). The summed E-state index contributed by atoms with van der Waals surface area (Å²) < 4.78 is 5.36. The van der Waals surface area contributed by atoms with E-state index in [1.807, 2.05) is 17.5 Å². The van der Waals surface area contributed by atoms with Crippen molar-refractivity contribution >= 4 is 23.1 Å². The first-order chi connectivity index (χ1) is 11.8. The summed E-state index contributed by atoms with van der Waals surface area (Å²) in [4.78, 5) is 24.2. The van der Waals surface area contributed by atoms with E-state index in [-0.39, 0.29) is 5.91 Å². The van der Waals surface area contributed by atoms with E-state index in [1.165, 1.54) is 4.88 Å². The van der Waals surface area contributed by atoms with Gasteiger partial charge in [-0.2, -0.15) is 0 Å². The molecule has 0 bridgehead atoms. The molecule has 1 N–H and O–H groups in total. The average Bonchev–Trinajstić information content (AvgIpc) is 3.10. The second kappa shape index (κ2) is 8.21. The fourth-order valence-electron chi connectivity index (χ4n) is 2.60. The maximum absolute atomic E-state index is 12.2. The number of thiophene rings is 1. The molecule has 24 heavy (non-hydrogen) atoms. The first-order valence-electron chi connectivity index (χ1n) is 8.25. The van der Waals surface area contributed by atoms with Crippen LogP contribution in [0.5, 0.6) is 0 Å². The van der Waals surface area contributed by atoms with E-state index < -0.39 is 0 Å². The number of aromatic nitrogens is 2. The third-order valence-electron chi connectivity index (χ3n) is 3.89. The van der Waals surface area contributed by atoms with E-state index in [1.54, 1.807) is 17.7 Å². The maximum atomic E-state index is 12.2. The fraction of sp³-hybridized carbons (Fsp3) is 0.471. The molecular formula is C17H22N4O2S. The Morgan fingerprint density at radius 2 is 2.17 bits per heavy atom. The highest BCUT2D eigenvalue weighted by molar-refractivity contribution is 7.10. The lowest BCUT2D eigenvalue weighted by Crippen LogP contribution is -2.36. The highest BCUT2D eigenvalue weighted by atomic mass is 32.1. The Balaban J connectivity index is 1.58. The van der Waals surface area contributed by atoms with Crippen molar-refractivity contribution in [2.24, 2.45) is 0 Å². The van der Waals surface area contributed by atoms with Crippen molar-refractivity contribution in [2.75, 3.05) is 31.2 Å². The van der Waals surface area contributed by atoms with Crippen LogP contribution in [0.4, 0.5) is 5.82 Å². The van der Waals surface area contributed by atoms with Gasteiger partial charge >= 0.3 is 0 Å². The maximum Gasteiger partial charge on any atom is 0.252 e. The molecule has 0 radical (unpaired) electrons. The van der Waals surface area contributed by atoms with Crippen LogP contribution in [0.3, 0.4) is 0 Å². The summed E-state index contributed by atoms with van der Waals surface area (Å²) in [5.74, 6) is 0.832. The van der Waals surface area contributed by atoms with Crippen LogP contribution in [0.25, 0.3) is 0 Å². The molecule has 1 fully saturated rings. The van der Waals surface area contributed by atoms with Gasteiger partial charge in [0.2, 0.25) is 0 Å². The molecule has 3 rings (SSSR count). The van der Waals surface area contributed by atoms with Gasteiger partial charge in [-0.25, -0.2) is 9.97 Å². The number of nitrogens with zero attached hydrogens (tertiary/aromatic N) is 3. The predicted octanol–water partition coefficient (Wildman–Crippen LogP) is 2.26. The van der Waals surface area contributed by atoms with Crippen LogP contribution in [0.1, 0.15) is 34.3 Å². The summed E-state index contributed by atoms with van der Waals surface area (Å²) in [5.41, 5.74) is 1.54. The Kier molecular flexibility index (Phi) is 5.77. The molecule has 3 heterocycles. The summed E-state index contributed by atoms with van der Waals surface area (Å²) in [6.45, 7) is 5.64. The third-order valence-corrected chi connectivity index (χ3v) is 4.88. The lowest BCUT2D eigenvalue weighted by atomic mass is 10.2. The van der Waals surface area contributed by atoms with Crippen molar-refractivity contribution in [3.05, 3.63) is 40.0 Å². The van der Waals surface area contributed by atoms with Crippen LogP contribution in [-0.2, 0) is 17.7 Å². The summed E-state index contributed by atoms with van der Waals surface area (Å²) in [5, 5.41) is 4.85. The Labute approximate surface area is 145 Å². The molecule has 6 nitrogen and oxygen atoms in total. The number of carbonyl (C=O) groups is 1. The molecule has 1 saturated heterocycles. The van der Waals surface area contributed by atoms with Crippen molar-refractivity contribution in [3.63, 3.8) is 0 Å². The number of aryl methyl sites for hydroxylation is 1. The number of ether oxygens (including phenoxy) is 1. The van der Waals surface area contributed by atoms with Gasteiger partial charge in [-0.3, -0.25) is 4.79 Å². The van der Waals surface area contributed by atoms with Gasteiger partial charge in [0.1, 0.15) is 12.1 Å². The summed E-state index contributed by atoms with van der Waals surface area (Å²) in [6.07, 6.45) is 3.66. The van der Waals surface area contributed by atoms with Crippen LogP contribution in [0.2, 0.25) is 0 Å². The molecule has 128 valence electrons. The second-order valence-electron chi connectivity index (χ2n) is 5.70. The Hall–Kier alpha value is -1.99. The molecule has 2 aromatic heterocycles. The molecular weight excluding hydrogens is 324 g/mol. The molecule has 0 unspecified atom stereocenters. The SMILES string of the molecule is CCCc1cc(C(=O)NCc2cc(N3CCOCC3)ncn2)cs1. The number of morpholine rings is 1. The Morgan fingerprint density at radius 3 is 2.96 bits per heavy atom. The predicted molar refractivity (Wildman–Crippen MR) is 94.5 cm³/mol. The van der Waals surface area contributed by atoms with Gasteiger partial charge < -0.3 is 15.0 Å². The first kappa shape index (κ1) is 16.9. The van der Waals surface area contributed by atoms with Crippen LogP contribution in [0, 0.1) is 0 Å². The van der Waals surface area contributed by atoms with Gasteiger partial charge in [0.05, 0.1) is 31.0 Å². The van der Waals surface area contributed by atoms with Crippen molar-refractivity contribution < 1.29 is 9.53 Å². The highest BCUT2D eigenvalue weighted by Crippen LogP contribution is 2.17. The number of carbonyl (C=O) groups excluding carboxylic acids is 1. The molecule has 1 aliphatic rings. The summed E-state index contributed by atoms with van der Waals surface area (Å²) >= 11 is 1.64. The van der Waals surface area contributed by atoms with Gasteiger partial charge in [0.25, 0.3) is 5.91 Å². The van der Waals surface area contributed by atoms with Crippen molar-refractivity contribution in [1.82, 2.24) is 15.3 Å². The van der Waals surface area contributed by atoms with Crippen molar-refractivity contribution in [1.29, 1.82) is 0 Å². The first-order valence-corrected chi connectivity index (χ1v) is 9.13. The molecule has 0 aliphatic carbocycles. The lowest BCUT2D eigenvalue weighted by molar-refractivity contribution is 0.0951. The molecule has 1 aliphatic heterocycles. The van der Waals surface area contributed by atoms with Crippen LogP contribution >= 0.6 is 11.3 Å². The number of hydrogen-bond donors (Lipinski definition) is 1. The lowest BCUT2D eigenvalue weighted by Gasteiger charge is -2.27. The zero-order valence-corrected chi connectivity index (χ0v) is 14.6. The minimum Gasteiger partial charge on any atom is -0.378 e. The zero-order valence-electron chi connectivity index (χ0n) is 13.8. The van der Waals surface area contributed by atoms with Gasteiger partial charge in [-0.15, -0.1) is 11.3 Å². The quantitative estimate of drug-likeness (QED) is 0.869. The smallest absolute Gasteiger partial charge is 0.252 e. The average molecular weight is 346 g/mol. The third kappa shape index (κ3) is 4.30. The van der Waals surface area contributed by atoms with Crippen molar-refractivity contribution in [2.45, 2.75) is 26.3 Å². The Bertz CT molecular complexity index is 683.